The molecule has 5 nitrogen and oxygen atoms in total. The molecular formula is C18H21FN2O3. The molecule has 0 spiro atoms. The van der Waals surface area contributed by atoms with E-state index in [1.165, 1.54) is 12.1 Å². The number of oxime groups is 1. The predicted molar refractivity (Wildman–Crippen MR) is 86.4 cm³/mol. The number of hydrogen-bond donors (Lipinski definition) is 1. The minimum atomic E-state index is -1.11. The molecule has 0 aromatic heterocycles. The molecule has 2 saturated carbocycles. The van der Waals surface area contributed by atoms with Gasteiger partial charge in [-0.25, -0.2) is 9.18 Å². The standard InChI is InChI=1S/C18H21FN2O3/c1-17(2)12-6-7-18(17,14(22)10-12)16(23)24-21-15(20)9-11-4-3-5-13(19)8-11/h3-5,8,12H,6-7,9-10H2,1-2H3,(H2,20,21)/t12-,18+/m1/s1. The Morgan fingerprint density at radius 3 is 2.79 bits per heavy atom. The average molecular weight is 332 g/mol. The second-order valence-corrected chi connectivity index (χ2v) is 7.26. The summed E-state index contributed by atoms with van der Waals surface area (Å²) < 4.78 is 13.2. The quantitative estimate of drug-likeness (QED) is 0.302. The first-order chi connectivity index (χ1) is 11.3. The van der Waals surface area contributed by atoms with Crippen molar-refractivity contribution in [2.24, 2.45) is 27.6 Å². The first-order valence-corrected chi connectivity index (χ1v) is 8.09. The first-order valence-electron chi connectivity index (χ1n) is 8.09. The zero-order valence-corrected chi connectivity index (χ0v) is 13.8. The molecule has 0 radical (unpaired) electrons. The van der Waals surface area contributed by atoms with E-state index in [-0.39, 0.29) is 29.8 Å². The fourth-order valence-corrected chi connectivity index (χ4v) is 4.22. The lowest BCUT2D eigenvalue weighted by molar-refractivity contribution is -0.164. The van der Waals surface area contributed by atoms with E-state index < -0.39 is 16.8 Å². The molecule has 0 unspecified atom stereocenters. The maximum Gasteiger partial charge on any atom is 0.349 e. The Bertz CT molecular complexity index is 729. The van der Waals surface area contributed by atoms with Crippen LogP contribution in [0, 0.1) is 22.6 Å². The molecule has 1 aromatic rings. The molecule has 6 heteroatoms. The molecule has 2 atom stereocenters. The zero-order valence-electron chi connectivity index (χ0n) is 13.8. The van der Waals surface area contributed by atoms with Gasteiger partial charge in [-0.3, -0.25) is 4.79 Å². The summed E-state index contributed by atoms with van der Waals surface area (Å²) in [5.41, 5.74) is 4.86. The van der Waals surface area contributed by atoms with Crippen LogP contribution in [0.25, 0.3) is 0 Å². The van der Waals surface area contributed by atoms with Crippen LogP contribution < -0.4 is 5.73 Å². The van der Waals surface area contributed by atoms with Crippen molar-refractivity contribution in [2.45, 2.75) is 39.5 Å². The largest absolute Gasteiger partial charge is 0.384 e. The van der Waals surface area contributed by atoms with Gasteiger partial charge in [0.2, 0.25) is 0 Å². The van der Waals surface area contributed by atoms with Gasteiger partial charge in [0.1, 0.15) is 17.1 Å². The average Bonchev–Trinajstić information content (AvgIpc) is 2.88. The van der Waals surface area contributed by atoms with E-state index in [2.05, 4.69) is 5.16 Å². The number of nitrogens with two attached hydrogens (primary N) is 1. The van der Waals surface area contributed by atoms with Gasteiger partial charge in [0.15, 0.2) is 5.78 Å². The monoisotopic (exact) mass is 332 g/mol. The predicted octanol–water partition coefficient (Wildman–Crippen LogP) is 2.58. The summed E-state index contributed by atoms with van der Waals surface area (Å²) in [4.78, 5) is 30.0. The van der Waals surface area contributed by atoms with Crippen molar-refractivity contribution in [1.82, 2.24) is 0 Å². The van der Waals surface area contributed by atoms with E-state index in [1.54, 1.807) is 12.1 Å². The Labute approximate surface area is 140 Å². The molecular weight excluding hydrogens is 311 g/mol. The number of nitrogens with zero attached hydrogens (tertiary/aromatic N) is 1. The minimum absolute atomic E-state index is 0.0585. The number of ketones is 1. The summed E-state index contributed by atoms with van der Waals surface area (Å²) in [5.74, 6) is -0.784. The van der Waals surface area contributed by atoms with Gasteiger partial charge in [-0.1, -0.05) is 31.1 Å². The number of carbonyl (C=O) groups excluding carboxylic acids is 2. The van der Waals surface area contributed by atoms with Crippen LogP contribution in [0.5, 0.6) is 0 Å². The molecule has 3 rings (SSSR count). The van der Waals surface area contributed by atoms with Crippen LogP contribution in [0.15, 0.2) is 29.4 Å². The van der Waals surface area contributed by atoms with Gasteiger partial charge in [0.25, 0.3) is 0 Å². The maximum absolute atomic E-state index is 13.2. The third kappa shape index (κ3) is 2.41. The number of carbonyl (C=O) groups is 2. The van der Waals surface area contributed by atoms with Gasteiger partial charge in [-0.2, -0.15) is 0 Å². The molecule has 0 aliphatic heterocycles. The Morgan fingerprint density at radius 1 is 1.46 bits per heavy atom. The van der Waals surface area contributed by atoms with Gasteiger partial charge >= 0.3 is 5.97 Å². The lowest BCUT2D eigenvalue weighted by Gasteiger charge is -2.32. The van der Waals surface area contributed by atoms with Crippen molar-refractivity contribution in [3.8, 4) is 0 Å². The highest BCUT2D eigenvalue weighted by Gasteiger charge is 2.69. The molecule has 2 fully saturated rings. The Morgan fingerprint density at radius 2 is 2.21 bits per heavy atom. The van der Waals surface area contributed by atoms with Gasteiger partial charge in [0, 0.05) is 12.8 Å². The SMILES string of the molecule is CC1(C)[C@@H]2CC[C@@]1(C(=O)O/N=C(\N)Cc1cccc(F)c1)C(=O)C2. The van der Waals surface area contributed by atoms with E-state index in [1.807, 2.05) is 13.8 Å². The molecule has 1 aromatic carbocycles. The van der Waals surface area contributed by atoms with Gasteiger partial charge in [0.05, 0.1) is 0 Å². The molecule has 2 N–H and O–H groups in total. The summed E-state index contributed by atoms with van der Waals surface area (Å²) in [7, 11) is 0. The summed E-state index contributed by atoms with van der Waals surface area (Å²) >= 11 is 0. The van der Waals surface area contributed by atoms with Crippen molar-refractivity contribution >= 4 is 17.6 Å². The van der Waals surface area contributed by atoms with Crippen LogP contribution in [-0.2, 0) is 20.8 Å². The summed E-state index contributed by atoms with van der Waals surface area (Å²) in [6.45, 7) is 3.88. The second-order valence-electron chi connectivity index (χ2n) is 7.26. The van der Waals surface area contributed by atoms with Crippen LogP contribution in [0.2, 0.25) is 0 Å². The fraction of sp³-hybridized carbons (Fsp3) is 0.500. The molecule has 24 heavy (non-hydrogen) atoms. The number of fused-ring (bicyclic) bond motifs is 2. The number of hydrogen-bond acceptors (Lipinski definition) is 4. The van der Waals surface area contributed by atoms with Crippen molar-refractivity contribution in [3.05, 3.63) is 35.6 Å². The third-order valence-electron chi connectivity index (χ3n) is 5.76. The van der Waals surface area contributed by atoms with Gasteiger partial charge < -0.3 is 10.6 Å². The summed E-state index contributed by atoms with van der Waals surface area (Å²) in [5, 5.41) is 3.68. The molecule has 128 valence electrons. The number of benzene rings is 1. The molecule has 0 amide bonds. The highest BCUT2D eigenvalue weighted by Crippen LogP contribution is 2.64. The minimum Gasteiger partial charge on any atom is -0.384 e. The second kappa shape index (κ2) is 5.69. The smallest absolute Gasteiger partial charge is 0.349 e. The summed E-state index contributed by atoms with van der Waals surface area (Å²) in [6, 6.07) is 5.95. The van der Waals surface area contributed by atoms with E-state index in [9.17, 15) is 14.0 Å². The van der Waals surface area contributed by atoms with Crippen LogP contribution in [-0.4, -0.2) is 17.6 Å². The number of amidine groups is 1. The lowest BCUT2D eigenvalue weighted by Crippen LogP contribution is -2.44. The van der Waals surface area contributed by atoms with E-state index in [4.69, 9.17) is 10.6 Å². The molecule has 0 saturated heterocycles. The maximum atomic E-state index is 13.2. The third-order valence-corrected chi connectivity index (χ3v) is 5.76. The normalized spacial score (nSPS) is 28.2. The van der Waals surface area contributed by atoms with Crippen molar-refractivity contribution in [1.29, 1.82) is 0 Å². The Hall–Kier alpha value is -2.24. The molecule has 2 bridgehead atoms. The first kappa shape index (κ1) is 16.6. The van der Waals surface area contributed by atoms with Crippen LogP contribution in [0.1, 0.15) is 38.7 Å². The topological polar surface area (TPSA) is 81.8 Å². The number of halogens is 1. The van der Waals surface area contributed by atoms with Crippen LogP contribution in [0.4, 0.5) is 4.39 Å². The fourth-order valence-electron chi connectivity index (χ4n) is 4.22. The summed E-state index contributed by atoms with van der Waals surface area (Å²) in [6.07, 6.45) is 1.93. The van der Waals surface area contributed by atoms with Crippen molar-refractivity contribution in [3.63, 3.8) is 0 Å². The van der Waals surface area contributed by atoms with Crippen LogP contribution >= 0.6 is 0 Å². The van der Waals surface area contributed by atoms with Gasteiger partial charge in [-0.15, -0.1) is 0 Å². The highest BCUT2D eigenvalue weighted by atomic mass is 19.1. The Kier molecular flexibility index (Phi) is 3.94. The molecule has 0 heterocycles. The van der Waals surface area contributed by atoms with Gasteiger partial charge in [-0.05, 0) is 41.9 Å². The zero-order chi connectivity index (χ0) is 17.5. The van der Waals surface area contributed by atoms with Crippen molar-refractivity contribution in [2.75, 3.05) is 0 Å². The van der Waals surface area contributed by atoms with Crippen LogP contribution in [0.3, 0.4) is 0 Å². The number of Topliss-reactive ketones (excluding diaryl/α,β-unsaturated/α-hetero) is 1. The number of rotatable bonds is 4. The highest BCUT2D eigenvalue weighted by molar-refractivity contribution is 6.07. The molecule has 2 aliphatic carbocycles. The molecule has 2 aliphatic rings. The van der Waals surface area contributed by atoms with E-state index in [0.29, 0.717) is 18.4 Å². The Balaban J connectivity index is 1.72. The lowest BCUT2D eigenvalue weighted by atomic mass is 9.69. The van der Waals surface area contributed by atoms with E-state index in [0.717, 1.165) is 6.42 Å². The van der Waals surface area contributed by atoms with E-state index >= 15 is 0 Å². The van der Waals surface area contributed by atoms with Crippen molar-refractivity contribution < 1.29 is 18.8 Å².